The summed E-state index contributed by atoms with van der Waals surface area (Å²) in [6.07, 6.45) is 1.12. The zero-order chi connectivity index (χ0) is 18.7. The van der Waals surface area contributed by atoms with Crippen molar-refractivity contribution in [2.24, 2.45) is 0 Å². The smallest absolute Gasteiger partial charge is 0.323 e. The van der Waals surface area contributed by atoms with E-state index >= 15 is 0 Å². The van der Waals surface area contributed by atoms with E-state index in [0.717, 1.165) is 17.7 Å². The predicted molar refractivity (Wildman–Crippen MR) is 87.8 cm³/mol. The summed E-state index contributed by atoms with van der Waals surface area (Å²) >= 11 is 0. The van der Waals surface area contributed by atoms with E-state index in [1.807, 2.05) is 0 Å². The lowest BCUT2D eigenvalue weighted by Gasteiger charge is -2.29. The molecule has 1 aromatic heterocycles. The first kappa shape index (κ1) is 17.7. The molecule has 2 aromatic rings. The van der Waals surface area contributed by atoms with Crippen molar-refractivity contribution in [2.45, 2.75) is 19.0 Å². The highest BCUT2D eigenvalue weighted by atomic mass is 19.4. The predicted octanol–water partition coefficient (Wildman–Crippen LogP) is 3.94. The van der Waals surface area contributed by atoms with E-state index in [4.69, 9.17) is 0 Å². The molecule has 0 unspecified atom stereocenters. The number of rotatable bonds is 1. The largest absolute Gasteiger partial charge is 0.416 e. The number of nitriles is 1. The van der Waals surface area contributed by atoms with Crippen molar-refractivity contribution in [3.05, 3.63) is 59.7 Å². The van der Waals surface area contributed by atoms with E-state index in [-0.39, 0.29) is 6.03 Å². The third kappa shape index (κ3) is 3.61. The van der Waals surface area contributed by atoms with Crippen LogP contribution in [-0.2, 0) is 6.18 Å². The van der Waals surface area contributed by atoms with E-state index in [0.29, 0.717) is 37.1 Å². The SMILES string of the molecule is N#CC(=C1CCN(C(=O)n2ccnc2)CC1)c1ccc(C(F)(F)F)cc1. The highest BCUT2D eigenvalue weighted by Gasteiger charge is 2.30. The van der Waals surface area contributed by atoms with Crippen molar-refractivity contribution in [1.29, 1.82) is 5.26 Å². The minimum atomic E-state index is -4.41. The van der Waals surface area contributed by atoms with Crippen LogP contribution in [0.2, 0.25) is 0 Å². The van der Waals surface area contributed by atoms with Gasteiger partial charge in [0.05, 0.1) is 17.2 Å². The van der Waals surface area contributed by atoms with Crippen molar-refractivity contribution in [2.75, 3.05) is 13.1 Å². The zero-order valence-electron chi connectivity index (χ0n) is 13.7. The molecule has 5 nitrogen and oxygen atoms in total. The quantitative estimate of drug-likeness (QED) is 0.724. The monoisotopic (exact) mass is 360 g/mol. The fourth-order valence-corrected chi connectivity index (χ4v) is 2.93. The lowest BCUT2D eigenvalue weighted by Crippen LogP contribution is -2.38. The molecule has 0 N–H and O–H groups in total. The number of piperidine rings is 1. The molecule has 1 aliphatic rings. The van der Waals surface area contributed by atoms with Crippen LogP contribution in [0.4, 0.5) is 18.0 Å². The van der Waals surface area contributed by atoms with Crippen LogP contribution in [0, 0.1) is 11.3 Å². The molecule has 1 aliphatic heterocycles. The summed E-state index contributed by atoms with van der Waals surface area (Å²) in [4.78, 5) is 17.8. The number of hydrogen-bond acceptors (Lipinski definition) is 3. The topological polar surface area (TPSA) is 61.9 Å². The molecule has 8 heteroatoms. The number of halogens is 3. The minimum absolute atomic E-state index is 0.186. The first-order valence-corrected chi connectivity index (χ1v) is 7.97. The molecule has 3 rings (SSSR count). The van der Waals surface area contributed by atoms with Gasteiger partial charge in [0.1, 0.15) is 6.33 Å². The van der Waals surface area contributed by atoms with Crippen LogP contribution < -0.4 is 0 Å². The highest BCUT2D eigenvalue weighted by molar-refractivity contribution is 5.80. The summed E-state index contributed by atoms with van der Waals surface area (Å²) in [5.41, 5.74) is 0.949. The Morgan fingerprint density at radius 2 is 1.81 bits per heavy atom. The Morgan fingerprint density at radius 3 is 2.31 bits per heavy atom. The van der Waals surface area contributed by atoms with E-state index in [1.165, 1.54) is 29.2 Å². The van der Waals surface area contributed by atoms with Gasteiger partial charge in [0.25, 0.3) is 0 Å². The van der Waals surface area contributed by atoms with Gasteiger partial charge in [-0.2, -0.15) is 18.4 Å². The highest BCUT2D eigenvalue weighted by Crippen LogP contribution is 2.32. The fraction of sp³-hybridized carbons (Fsp3) is 0.278. The second-order valence-corrected chi connectivity index (χ2v) is 5.91. The van der Waals surface area contributed by atoms with Crippen LogP contribution in [-0.4, -0.2) is 33.6 Å². The summed E-state index contributed by atoms with van der Waals surface area (Å²) in [5, 5.41) is 9.46. The Hall–Kier alpha value is -3.08. The number of benzene rings is 1. The molecule has 26 heavy (non-hydrogen) atoms. The lowest BCUT2D eigenvalue weighted by atomic mass is 9.93. The summed E-state index contributed by atoms with van der Waals surface area (Å²) in [6, 6.07) is 6.50. The number of amides is 1. The molecule has 1 saturated heterocycles. The Balaban J connectivity index is 1.75. The Morgan fingerprint density at radius 1 is 1.15 bits per heavy atom. The molecular formula is C18H15F3N4O. The Kier molecular flexibility index (Phi) is 4.80. The van der Waals surface area contributed by atoms with Gasteiger partial charge >= 0.3 is 12.2 Å². The molecule has 0 spiro atoms. The Bertz CT molecular complexity index is 851. The first-order chi connectivity index (χ1) is 12.4. The first-order valence-electron chi connectivity index (χ1n) is 7.97. The summed E-state index contributed by atoms with van der Waals surface area (Å²) < 4.78 is 39.4. The fourth-order valence-electron chi connectivity index (χ4n) is 2.93. The van der Waals surface area contributed by atoms with Gasteiger partial charge in [-0.1, -0.05) is 12.1 Å². The molecule has 1 aromatic carbocycles. The van der Waals surface area contributed by atoms with E-state index in [2.05, 4.69) is 11.1 Å². The van der Waals surface area contributed by atoms with Crippen molar-refractivity contribution in [3.8, 4) is 6.07 Å². The van der Waals surface area contributed by atoms with Crippen LogP contribution >= 0.6 is 0 Å². The number of allylic oxidation sites excluding steroid dienone is 1. The average molecular weight is 360 g/mol. The van der Waals surface area contributed by atoms with E-state index in [9.17, 15) is 23.2 Å². The normalized spacial score (nSPS) is 14.8. The number of carbonyl (C=O) groups excluding carboxylic acids is 1. The molecule has 0 saturated carbocycles. The van der Waals surface area contributed by atoms with Crippen LogP contribution in [0.3, 0.4) is 0 Å². The van der Waals surface area contributed by atoms with Gasteiger partial charge < -0.3 is 4.90 Å². The summed E-state index contributed by atoms with van der Waals surface area (Å²) in [6.45, 7) is 0.885. The maximum absolute atomic E-state index is 12.7. The average Bonchev–Trinajstić information content (AvgIpc) is 3.17. The molecule has 134 valence electrons. The molecule has 0 bridgehead atoms. The van der Waals surface area contributed by atoms with Gasteiger partial charge in [-0.25, -0.2) is 9.78 Å². The molecule has 0 atom stereocenters. The zero-order valence-corrected chi connectivity index (χ0v) is 13.7. The van der Waals surface area contributed by atoms with Gasteiger partial charge in [-0.3, -0.25) is 4.57 Å². The van der Waals surface area contributed by atoms with Gasteiger partial charge in [0, 0.05) is 25.5 Å². The number of alkyl halides is 3. The third-order valence-electron chi connectivity index (χ3n) is 4.33. The summed E-state index contributed by atoms with van der Waals surface area (Å²) in [5.74, 6) is 0. The maximum atomic E-state index is 12.7. The lowest BCUT2D eigenvalue weighted by molar-refractivity contribution is -0.137. The number of hydrogen-bond donors (Lipinski definition) is 0. The van der Waals surface area contributed by atoms with Gasteiger partial charge in [-0.15, -0.1) is 0 Å². The second kappa shape index (κ2) is 7.04. The molecule has 1 amide bonds. The molecule has 0 aliphatic carbocycles. The standard InChI is InChI=1S/C18H15F3N4O/c19-18(20,21)15-3-1-13(2-4-15)16(11-22)14-5-8-24(9-6-14)17(26)25-10-7-23-12-25/h1-4,7,10,12H,5-6,8-9H2. The van der Waals surface area contributed by atoms with E-state index in [1.54, 1.807) is 11.1 Å². The maximum Gasteiger partial charge on any atom is 0.416 e. The van der Waals surface area contributed by atoms with E-state index < -0.39 is 11.7 Å². The molecule has 2 heterocycles. The van der Waals surface area contributed by atoms with Gasteiger partial charge in [-0.05, 0) is 36.1 Å². The molecular weight excluding hydrogens is 345 g/mol. The van der Waals surface area contributed by atoms with Gasteiger partial charge in [0.2, 0.25) is 0 Å². The number of carbonyl (C=O) groups is 1. The minimum Gasteiger partial charge on any atom is -0.323 e. The van der Waals surface area contributed by atoms with Crippen LogP contribution in [0.15, 0.2) is 48.6 Å². The van der Waals surface area contributed by atoms with Crippen molar-refractivity contribution >= 4 is 11.6 Å². The molecule has 1 fully saturated rings. The van der Waals surface area contributed by atoms with Crippen molar-refractivity contribution < 1.29 is 18.0 Å². The van der Waals surface area contributed by atoms with Crippen molar-refractivity contribution in [3.63, 3.8) is 0 Å². The number of aromatic nitrogens is 2. The number of likely N-dealkylation sites (tertiary alicyclic amines) is 1. The van der Waals surface area contributed by atoms with Crippen LogP contribution in [0.1, 0.15) is 24.0 Å². The van der Waals surface area contributed by atoms with Crippen LogP contribution in [0.5, 0.6) is 0 Å². The van der Waals surface area contributed by atoms with Crippen LogP contribution in [0.25, 0.3) is 5.57 Å². The molecule has 0 radical (unpaired) electrons. The number of imidazole rings is 1. The van der Waals surface area contributed by atoms with Crippen molar-refractivity contribution in [1.82, 2.24) is 14.5 Å². The number of nitrogens with zero attached hydrogens (tertiary/aromatic N) is 4. The third-order valence-corrected chi connectivity index (χ3v) is 4.33. The Labute approximate surface area is 148 Å². The summed E-state index contributed by atoms with van der Waals surface area (Å²) in [7, 11) is 0. The van der Waals surface area contributed by atoms with Gasteiger partial charge in [0.15, 0.2) is 0 Å². The second-order valence-electron chi connectivity index (χ2n) is 5.91.